The van der Waals surface area contributed by atoms with Crippen LogP contribution in [0.2, 0.25) is 0 Å². The average Bonchev–Trinajstić information content (AvgIpc) is 3.16. The van der Waals surface area contributed by atoms with Gasteiger partial charge in [0.25, 0.3) is 0 Å². The molecule has 3 aromatic heterocycles. The van der Waals surface area contributed by atoms with E-state index in [1.54, 1.807) is 11.3 Å². The van der Waals surface area contributed by atoms with Crippen LogP contribution >= 0.6 is 22.7 Å². The fraction of sp³-hybridized carbons (Fsp3) is 0.438. The van der Waals surface area contributed by atoms with Crippen molar-refractivity contribution in [2.45, 2.75) is 46.5 Å². The van der Waals surface area contributed by atoms with Crippen molar-refractivity contribution in [3.63, 3.8) is 0 Å². The van der Waals surface area contributed by atoms with Crippen LogP contribution in [0, 0.1) is 20.8 Å². The van der Waals surface area contributed by atoms with Crippen molar-refractivity contribution in [2.24, 2.45) is 0 Å². The molecule has 3 heterocycles. The lowest BCUT2D eigenvalue weighted by atomic mass is 10.1. The first-order chi connectivity index (χ1) is 10.6. The van der Waals surface area contributed by atoms with Crippen molar-refractivity contribution >= 4 is 22.7 Å². The third-order valence-corrected chi connectivity index (χ3v) is 5.67. The Bertz CT molecular complexity index is 695. The summed E-state index contributed by atoms with van der Waals surface area (Å²) < 4.78 is 5.12. The topological polar surface area (TPSA) is 51.8 Å². The summed E-state index contributed by atoms with van der Waals surface area (Å²) in [5.74, 6) is 0.909. The van der Waals surface area contributed by atoms with Gasteiger partial charge in [0.05, 0.1) is 28.1 Å². The van der Waals surface area contributed by atoms with Gasteiger partial charge < -0.3 is 4.52 Å². The molecule has 0 amide bonds. The molecule has 116 valence electrons. The normalized spacial score (nSPS) is 11.2. The second-order valence-electron chi connectivity index (χ2n) is 5.37. The van der Waals surface area contributed by atoms with Gasteiger partial charge in [-0.15, -0.1) is 22.7 Å². The summed E-state index contributed by atoms with van der Waals surface area (Å²) in [5, 5.41) is 4.98. The zero-order chi connectivity index (χ0) is 15.5. The molecule has 0 fully saturated rings. The maximum absolute atomic E-state index is 5.12. The molecule has 0 aliphatic carbocycles. The van der Waals surface area contributed by atoms with Crippen LogP contribution in [0.5, 0.6) is 0 Å². The van der Waals surface area contributed by atoms with Gasteiger partial charge in [-0.2, -0.15) is 0 Å². The Balaban J connectivity index is 1.67. The van der Waals surface area contributed by atoms with E-state index in [0.717, 1.165) is 36.5 Å². The van der Waals surface area contributed by atoms with Gasteiger partial charge in [0.1, 0.15) is 5.76 Å². The Kier molecular flexibility index (Phi) is 4.69. The Morgan fingerprint density at radius 3 is 2.55 bits per heavy atom. The van der Waals surface area contributed by atoms with Crippen molar-refractivity contribution in [1.82, 2.24) is 15.1 Å². The highest BCUT2D eigenvalue weighted by Gasteiger charge is 2.12. The van der Waals surface area contributed by atoms with Gasteiger partial charge in [0.15, 0.2) is 0 Å². The third-order valence-electron chi connectivity index (χ3n) is 3.80. The first kappa shape index (κ1) is 15.4. The van der Waals surface area contributed by atoms with Crippen LogP contribution in [0.3, 0.4) is 0 Å². The number of aromatic nitrogens is 3. The predicted octanol–water partition coefficient (Wildman–Crippen LogP) is 4.08. The molecule has 0 atom stereocenters. The summed E-state index contributed by atoms with van der Waals surface area (Å²) in [4.78, 5) is 11.9. The Hall–Kier alpha value is -1.53. The largest absolute Gasteiger partial charge is 0.361 e. The number of aryl methyl sites for hydroxylation is 7. The zero-order valence-corrected chi connectivity index (χ0v) is 14.7. The number of nitrogens with zero attached hydrogens (tertiary/aromatic N) is 3. The predicted molar refractivity (Wildman–Crippen MR) is 89.8 cm³/mol. The molecule has 3 aromatic rings. The number of thiazole rings is 2. The highest BCUT2D eigenvalue weighted by molar-refractivity contribution is 7.11. The maximum Gasteiger partial charge on any atom is 0.136 e. The minimum absolute atomic E-state index is 0.909. The molecule has 0 bridgehead atoms. The SMILES string of the molecule is Cc1nc(CCc2cnoc2C)c(CCc2ncsc2C)s1. The highest BCUT2D eigenvalue weighted by Crippen LogP contribution is 2.23. The Morgan fingerprint density at radius 1 is 1.05 bits per heavy atom. The van der Waals surface area contributed by atoms with Crippen LogP contribution in [0.15, 0.2) is 16.2 Å². The van der Waals surface area contributed by atoms with Crippen molar-refractivity contribution in [2.75, 3.05) is 0 Å². The van der Waals surface area contributed by atoms with Crippen LogP contribution in [-0.2, 0) is 25.7 Å². The summed E-state index contributed by atoms with van der Waals surface area (Å²) in [5.41, 5.74) is 5.54. The molecule has 0 unspecified atom stereocenters. The molecule has 6 heteroatoms. The van der Waals surface area contributed by atoms with E-state index < -0.39 is 0 Å². The van der Waals surface area contributed by atoms with E-state index in [9.17, 15) is 0 Å². The van der Waals surface area contributed by atoms with Crippen molar-refractivity contribution < 1.29 is 4.52 Å². The molecule has 0 radical (unpaired) electrons. The quantitative estimate of drug-likeness (QED) is 0.682. The molecule has 0 spiro atoms. The summed E-state index contributed by atoms with van der Waals surface area (Å²) in [6.45, 7) is 6.18. The molecule has 0 saturated heterocycles. The first-order valence-electron chi connectivity index (χ1n) is 7.37. The van der Waals surface area contributed by atoms with Gasteiger partial charge in [-0.25, -0.2) is 9.97 Å². The zero-order valence-electron chi connectivity index (χ0n) is 13.0. The molecule has 0 aliphatic heterocycles. The summed E-state index contributed by atoms with van der Waals surface area (Å²) in [7, 11) is 0. The lowest BCUT2D eigenvalue weighted by Gasteiger charge is -2.02. The van der Waals surface area contributed by atoms with Crippen LogP contribution in [0.25, 0.3) is 0 Å². The molecule has 22 heavy (non-hydrogen) atoms. The van der Waals surface area contributed by atoms with E-state index in [1.807, 2.05) is 30.0 Å². The van der Waals surface area contributed by atoms with E-state index in [2.05, 4.69) is 24.0 Å². The second-order valence-corrected chi connectivity index (χ2v) is 7.71. The average molecular weight is 333 g/mol. The van der Waals surface area contributed by atoms with Crippen molar-refractivity contribution in [3.8, 4) is 0 Å². The highest BCUT2D eigenvalue weighted by atomic mass is 32.1. The van der Waals surface area contributed by atoms with Gasteiger partial charge in [-0.1, -0.05) is 5.16 Å². The van der Waals surface area contributed by atoms with E-state index in [1.165, 1.54) is 26.7 Å². The summed E-state index contributed by atoms with van der Waals surface area (Å²) in [6.07, 6.45) is 5.70. The fourth-order valence-electron chi connectivity index (χ4n) is 2.52. The molecule has 0 aromatic carbocycles. The summed E-state index contributed by atoms with van der Waals surface area (Å²) in [6, 6.07) is 0. The first-order valence-corrected chi connectivity index (χ1v) is 9.07. The molecular weight excluding hydrogens is 314 g/mol. The smallest absolute Gasteiger partial charge is 0.136 e. The van der Waals surface area contributed by atoms with Crippen molar-refractivity contribution in [1.29, 1.82) is 0 Å². The molecule has 0 aliphatic rings. The minimum atomic E-state index is 0.909. The van der Waals surface area contributed by atoms with Gasteiger partial charge in [-0.05, 0) is 46.5 Å². The van der Waals surface area contributed by atoms with Gasteiger partial charge in [0, 0.05) is 15.3 Å². The lowest BCUT2D eigenvalue weighted by molar-refractivity contribution is 0.396. The number of rotatable bonds is 6. The molecule has 4 nitrogen and oxygen atoms in total. The monoisotopic (exact) mass is 333 g/mol. The Morgan fingerprint density at radius 2 is 1.86 bits per heavy atom. The maximum atomic E-state index is 5.12. The van der Waals surface area contributed by atoms with E-state index >= 15 is 0 Å². The van der Waals surface area contributed by atoms with Gasteiger partial charge in [-0.3, -0.25) is 0 Å². The molecule has 0 saturated carbocycles. The standard InChI is InChI=1S/C16H19N3OS2/c1-10-13(8-18-20-10)4-5-15-16(22-12(3)19-15)7-6-14-11(2)21-9-17-14/h8-9H,4-7H2,1-3H3. The molecule has 3 rings (SSSR count). The minimum Gasteiger partial charge on any atom is -0.361 e. The molecule has 0 N–H and O–H groups in total. The van der Waals surface area contributed by atoms with Gasteiger partial charge in [0.2, 0.25) is 0 Å². The summed E-state index contributed by atoms with van der Waals surface area (Å²) >= 11 is 3.53. The number of hydrogen-bond acceptors (Lipinski definition) is 6. The fourth-order valence-corrected chi connectivity index (χ4v) is 4.13. The number of hydrogen-bond donors (Lipinski definition) is 0. The van der Waals surface area contributed by atoms with E-state index in [-0.39, 0.29) is 0 Å². The lowest BCUT2D eigenvalue weighted by Crippen LogP contribution is -1.98. The van der Waals surface area contributed by atoms with Gasteiger partial charge >= 0.3 is 0 Å². The van der Waals surface area contributed by atoms with E-state index in [4.69, 9.17) is 9.51 Å². The second kappa shape index (κ2) is 6.71. The Labute approximate surface area is 138 Å². The van der Waals surface area contributed by atoms with Crippen molar-refractivity contribution in [3.05, 3.63) is 49.2 Å². The van der Waals surface area contributed by atoms with Crippen LogP contribution in [0.1, 0.15) is 37.5 Å². The van der Waals surface area contributed by atoms with Crippen LogP contribution in [-0.4, -0.2) is 15.1 Å². The van der Waals surface area contributed by atoms with Crippen LogP contribution in [0.4, 0.5) is 0 Å². The molecular formula is C16H19N3OS2. The third kappa shape index (κ3) is 3.44. The van der Waals surface area contributed by atoms with E-state index in [0.29, 0.717) is 0 Å². The van der Waals surface area contributed by atoms with Crippen LogP contribution < -0.4 is 0 Å².